The van der Waals surface area contributed by atoms with Crippen LogP contribution in [-0.4, -0.2) is 48.9 Å². The summed E-state index contributed by atoms with van der Waals surface area (Å²) in [5.74, 6) is -0.0476. The van der Waals surface area contributed by atoms with E-state index in [1.807, 2.05) is 13.0 Å². The van der Waals surface area contributed by atoms with Crippen molar-refractivity contribution in [3.63, 3.8) is 0 Å². The number of piperazine rings is 1. The summed E-state index contributed by atoms with van der Waals surface area (Å²) in [4.78, 5) is 9.27. The molecule has 2 heterocycles. The van der Waals surface area contributed by atoms with E-state index in [1.54, 1.807) is 24.0 Å². The second kappa shape index (κ2) is 7.08. The number of hydrogen-bond acceptors (Lipinski definition) is 5. The van der Waals surface area contributed by atoms with Crippen LogP contribution in [0.25, 0.3) is 0 Å². The van der Waals surface area contributed by atoms with E-state index >= 15 is 0 Å². The normalized spacial score (nSPS) is 16.6. The third-order valence-electron chi connectivity index (χ3n) is 4.42. The first-order chi connectivity index (χ1) is 12.6. The van der Waals surface area contributed by atoms with Crippen molar-refractivity contribution in [3.8, 4) is 0 Å². The highest BCUT2D eigenvalue weighted by Crippen LogP contribution is 2.28. The van der Waals surface area contributed by atoms with E-state index in [1.165, 1.54) is 4.31 Å². The maximum atomic E-state index is 12.9. The number of hydrogen-bond donors (Lipinski definition) is 0. The number of aryl methyl sites for hydroxylation is 2. The predicted molar refractivity (Wildman–Crippen MR) is 93.9 cm³/mol. The fraction of sp³-hybridized carbons (Fsp3) is 0.412. The molecule has 1 aromatic heterocycles. The van der Waals surface area contributed by atoms with Gasteiger partial charge in [-0.25, -0.2) is 18.4 Å². The predicted octanol–water partition coefficient (Wildman–Crippen LogP) is 2.62. The number of alkyl halides is 3. The molecule has 0 atom stereocenters. The summed E-state index contributed by atoms with van der Waals surface area (Å²) >= 11 is 0. The van der Waals surface area contributed by atoms with Crippen molar-refractivity contribution in [2.45, 2.75) is 24.9 Å². The Bertz CT molecular complexity index is 939. The molecule has 0 bridgehead atoms. The van der Waals surface area contributed by atoms with E-state index in [0.29, 0.717) is 5.56 Å². The Morgan fingerprint density at radius 3 is 2.33 bits per heavy atom. The number of halogens is 3. The summed E-state index contributed by atoms with van der Waals surface area (Å²) in [6.07, 6.45) is -3.49. The van der Waals surface area contributed by atoms with Gasteiger partial charge in [0, 0.05) is 32.4 Å². The van der Waals surface area contributed by atoms with Gasteiger partial charge in [-0.2, -0.15) is 17.5 Å². The number of anilines is 1. The molecule has 1 saturated heterocycles. The van der Waals surface area contributed by atoms with Gasteiger partial charge in [-0.1, -0.05) is 12.1 Å². The van der Waals surface area contributed by atoms with Gasteiger partial charge < -0.3 is 4.90 Å². The molecule has 0 spiro atoms. The summed E-state index contributed by atoms with van der Waals surface area (Å²) in [6, 6.07) is 6.05. The molecule has 0 unspecified atom stereocenters. The zero-order valence-electron chi connectivity index (χ0n) is 14.9. The van der Waals surface area contributed by atoms with Gasteiger partial charge in [-0.05, 0) is 37.1 Å². The van der Waals surface area contributed by atoms with Crippen LogP contribution in [0.1, 0.15) is 16.8 Å². The van der Waals surface area contributed by atoms with Crippen molar-refractivity contribution in [2.24, 2.45) is 0 Å². The van der Waals surface area contributed by atoms with Crippen molar-refractivity contribution < 1.29 is 21.6 Å². The quantitative estimate of drug-likeness (QED) is 0.793. The van der Waals surface area contributed by atoms with Crippen LogP contribution >= 0.6 is 0 Å². The van der Waals surface area contributed by atoms with Crippen LogP contribution in [0.5, 0.6) is 0 Å². The van der Waals surface area contributed by atoms with Crippen LogP contribution in [0.4, 0.5) is 19.1 Å². The molecule has 1 aliphatic heterocycles. The molecule has 0 N–H and O–H groups in total. The summed E-state index contributed by atoms with van der Waals surface area (Å²) in [6.45, 7) is 4.28. The third-order valence-corrected chi connectivity index (χ3v) is 6.46. The molecular weight excluding hydrogens is 381 g/mol. The first-order valence-corrected chi connectivity index (χ1v) is 9.75. The van der Waals surface area contributed by atoms with E-state index in [-0.39, 0.29) is 37.0 Å². The van der Waals surface area contributed by atoms with Gasteiger partial charge in [0.25, 0.3) is 0 Å². The van der Waals surface area contributed by atoms with Crippen molar-refractivity contribution >= 4 is 16.0 Å². The maximum Gasteiger partial charge on any atom is 0.433 e. The zero-order valence-corrected chi connectivity index (χ0v) is 15.7. The topological polar surface area (TPSA) is 66.4 Å². The number of aromatic nitrogens is 2. The largest absolute Gasteiger partial charge is 0.433 e. The Morgan fingerprint density at radius 1 is 1.04 bits per heavy atom. The molecule has 27 heavy (non-hydrogen) atoms. The van der Waals surface area contributed by atoms with E-state index in [9.17, 15) is 21.6 Å². The van der Waals surface area contributed by atoms with Crippen LogP contribution in [0.2, 0.25) is 0 Å². The molecule has 0 aliphatic carbocycles. The molecular formula is C17H19F3N4O2S. The molecule has 6 nitrogen and oxygen atoms in total. The molecule has 1 aliphatic rings. The van der Waals surface area contributed by atoms with E-state index < -0.39 is 21.9 Å². The highest BCUT2D eigenvalue weighted by atomic mass is 32.2. The number of nitrogens with zero attached hydrogens (tertiary/aromatic N) is 4. The summed E-state index contributed by atoms with van der Waals surface area (Å²) in [5.41, 5.74) is 0.484. The fourth-order valence-corrected chi connectivity index (χ4v) is 4.64. The molecule has 0 saturated carbocycles. The Morgan fingerprint density at radius 2 is 1.70 bits per heavy atom. The van der Waals surface area contributed by atoms with E-state index in [4.69, 9.17) is 0 Å². The molecule has 146 valence electrons. The van der Waals surface area contributed by atoms with Crippen LogP contribution in [0.15, 0.2) is 35.4 Å². The minimum absolute atomic E-state index is 0.0476. The average Bonchev–Trinajstić information content (AvgIpc) is 2.63. The summed E-state index contributed by atoms with van der Waals surface area (Å²) in [5, 5.41) is 0. The average molecular weight is 400 g/mol. The second-order valence-corrected chi connectivity index (χ2v) is 8.31. The van der Waals surface area contributed by atoms with Crippen molar-refractivity contribution in [1.29, 1.82) is 0 Å². The van der Waals surface area contributed by atoms with Crippen LogP contribution < -0.4 is 4.90 Å². The minimum atomic E-state index is -4.55. The number of rotatable bonds is 3. The highest BCUT2D eigenvalue weighted by Gasteiger charge is 2.34. The molecule has 10 heteroatoms. The van der Waals surface area contributed by atoms with Crippen molar-refractivity contribution in [3.05, 3.63) is 47.3 Å². The molecule has 1 fully saturated rings. The minimum Gasteiger partial charge on any atom is -0.338 e. The third kappa shape index (κ3) is 4.06. The van der Waals surface area contributed by atoms with Gasteiger partial charge >= 0.3 is 6.18 Å². The Hall–Kier alpha value is -2.20. The molecule has 3 rings (SSSR count). The number of benzene rings is 1. The highest BCUT2D eigenvalue weighted by molar-refractivity contribution is 7.89. The first kappa shape index (κ1) is 19.6. The lowest BCUT2D eigenvalue weighted by Crippen LogP contribution is -2.49. The van der Waals surface area contributed by atoms with Gasteiger partial charge in [0.05, 0.1) is 4.90 Å². The van der Waals surface area contributed by atoms with Gasteiger partial charge in [0.15, 0.2) is 0 Å². The Kier molecular flexibility index (Phi) is 5.13. The standard InChI is InChI=1S/C17H19F3N4O2S/c1-12-3-4-13(2)14(11-12)27(25,26)24-9-7-23(8-10-24)16-21-6-5-15(22-16)17(18,19)20/h3-6,11H,7-10H2,1-2H3. The van der Waals surface area contributed by atoms with Crippen molar-refractivity contribution in [1.82, 2.24) is 14.3 Å². The van der Waals surface area contributed by atoms with Gasteiger partial charge in [0.1, 0.15) is 5.69 Å². The molecule has 0 radical (unpaired) electrons. The maximum absolute atomic E-state index is 12.9. The van der Waals surface area contributed by atoms with Gasteiger partial charge in [-0.3, -0.25) is 0 Å². The lowest BCUT2D eigenvalue weighted by molar-refractivity contribution is -0.141. The van der Waals surface area contributed by atoms with E-state index in [2.05, 4.69) is 9.97 Å². The SMILES string of the molecule is Cc1ccc(C)c(S(=O)(=O)N2CCN(c3nccc(C(F)(F)F)n3)CC2)c1. The lowest BCUT2D eigenvalue weighted by atomic mass is 10.2. The second-order valence-electron chi connectivity index (χ2n) is 6.40. The monoisotopic (exact) mass is 400 g/mol. The van der Waals surface area contributed by atoms with E-state index in [0.717, 1.165) is 17.8 Å². The van der Waals surface area contributed by atoms with Crippen LogP contribution in [-0.2, 0) is 16.2 Å². The van der Waals surface area contributed by atoms with Gasteiger partial charge in [0.2, 0.25) is 16.0 Å². The molecule has 0 amide bonds. The Labute approximate surface area is 155 Å². The fourth-order valence-electron chi connectivity index (χ4n) is 2.91. The smallest absolute Gasteiger partial charge is 0.338 e. The molecule has 2 aromatic rings. The van der Waals surface area contributed by atoms with Gasteiger partial charge in [-0.15, -0.1) is 0 Å². The summed E-state index contributed by atoms with van der Waals surface area (Å²) in [7, 11) is -3.67. The summed E-state index contributed by atoms with van der Waals surface area (Å²) < 4.78 is 65.6. The first-order valence-electron chi connectivity index (χ1n) is 8.31. The Balaban J connectivity index is 1.77. The van der Waals surface area contributed by atoms with Crippen LogP contribution in [0, 0.1) is 13.8 Å². The zero-order chi connectivity index (χ0) is 19.8. The van der Waals surface area contributed by atoms with Crippen LogP contribution in [0.3, 0.4) is 0 Å². The molecule has 1 aromatic carbocycles. The lowest BCUT2D eigenvalue weighted by Gasteiger charge is -2.34. The van der Waals surface area contributed by atoms with Crippen molar-refractivity contribution in [2.75, 3.05) is 31.1 Å². The number of sulfonamides is 1.